The lowest BCUT2D eigenvalue weighted by Gasteiger charge is -2.23. The highest BCUT2D eigenvalue weighted by molar-refractivity contribution is 6.22. The lowest BCUT2D eigenvalue weighted by atomic mass is 9.87. The van der Waals surface area contributed by atoms with Crippen molar-refractivity contribution in [1.29, 1.82) is 0 Å². The van der Waals surface area contributed by atoms with Gasteiger partial charge in [0.15, 0.2) is 0 Å². The normalized spacial score (nSPS) is 13.5. The summed E-state index contributed by atoms with van der Waals surface area (Å²) in [6.07, 6.45) is 0.949. The molecule has 0 aliphatic rings. The van der Waals surface area contributed by atoms with E-state index in [1.807, 2.05) is 18.2 Å². The first-order chi connectivity index (χ1) is 8.92. The summed E-state index contributed by atoms with van der Waals surface area (Å²) in [5.41, 5.74) is 1.40. The minimum absolute atomic E-state index is 0.0239. The molecule has 0 bridgehead atoms. The molecule has 102 valence electrons. The molecule has 0 saturated heterocycles. The van der Waals surface area contributed by atoms with Crippen molar-refractivity contribution in [2.75, 3.05) is 7.11 Å². The second-order valence-corrected chi connectivity index (χ2v) is 6.66. The molecule has 0 fully saturated rings. The van der Waals surface area contributed by atoms with E-state index in [4.69, 9.17) is 16.3 Å². The third kappa shape index (κ3) is 3.22. The predicted molar refractivity (Wildman–Crippen MR) is 83.2 cm³/mol. The van der Waals surface area contributed by atoms with Gasteiger partial charge >= 0.3 is 0 Å². The zero-order chi connectivity index (χ0) is 14.0. The van der Waals surface area contributed by atoms with Gasteiger partial charge in [-0.25, -0.2) is 0 Å². The Labute approximate surface area is 120 Å². The molecule has 2 rings (SSSR count). The van der Waals surface area contributed by atoms with Gasteiger partial charge in [0.25, 0.3) is 0 Å². The highest BCUT2D eigenvalue weighted by atomic mass is 35.5. The molecule has 2 heteroatoms. The molecule has 19 heavy (non-hydrogen) atoms. The molecule has 0 aliphatic heterocycles. The van der Waals surface area contributed by atoms with E-state index in [0.717, 1.165) is 17.6 Å². The third-order valence-corrected chi connectivity index (χ3v) is 3.66. The zero-order valence-electron chi connectivity index (χ0n) is 12.0. The summed E-state index contributed by atoms with van der Waals surface area (Å²) < 4.78 is 5.42. The molecular weight excluding hydrogens is 256 g/mol. The Bertz CT molecular complexity index is 569. The van der Waals surface area contributed by atoms with Crippen LogP contribution in [0, 0.1) is 5.41 Å². The molecular formula is C17H21ClO. The van der Waals surface area contributed by atoms with E-state index in [0.29, 0.717) is 0 Å². The second-order valence-electron chi connectivity index (χ2n) is 6.13. The maximum atomic E-state index is 6.62. The SMILES string of the molecule is COc1ccc(C(Cl)CC(C)(C)C)c2ccccc12. The molecule has 1 atom stereocenters. The van der Waals surface area contributed by atoms with Crippen LogP contribution in [0.1, 0.15) is 38.1 Å². The van der Waals surface area contributed by atoms with Crippen molar-refractivity contribution >= 4 is 22.4 Å². The fourth-order valence-corrected chi connectivity index (χ4v) is 3.05. The molecule has 0 heterocycles. The van der Waals surface area contributed by atoms with Gasteiger partial charge in [0.2, 0.25) is 0 Å². The van der Waals surface area contributed by atoms with E-state index in [-0.39, 0.29) is 10.8 Å². The van der Waals surface area contributed by atoms with Crippen LogP contribution in [0.15, 0.2) is 36.4 Å². The van der Waals surface area contributed by atoms with Gasteiger partial charge in [-0.05, 0) is 28.9 Å². The number of methoxy groups -OCH3 is 1. The highest BCUT2D eigenvalue weighted by Crippen LogP contribution is 2.39. The number of fused-ring (bicyclic) bond motifs is 1. The highest BCUT2D eigenvalue weighted by Gasteiger charge is 2.20. The Morgan fingerprint density at radius 3 is 2.26 bits per heavy atom. The predicted octanol–water partition coefficient (Wildman–Crippen LogP) is 5.56. The van der Waals surface area contributed by atoms with Gasteiger partial charge in [-0.15, -0.1) is 11.6 Å². The van der Waals surface area contributed by atoms with E-state index < -0.39 is 0 Å². The topological polar surface area (TPSA) is 9.23 Å². The first-order valence-electron chi connectivity index (χ1n) is 6.62. The molecule has 0 aromatic heterocycles. The summed E-state index contributed by atoms with van der Waals surface area (Å²) in [4.78, 5) is 0. The van der Waals surface area contributed by atoms with Crippen molar-refractivity contribution in [3.8, 4) is 5.75 Å². The van der Waals surface area contributed by atoms with Gasteiger partial charge in [0.1, 0.15) is 5.75 Å². The van der Waals surface area contributed by atoms with Crippen molar-refractivity contribution in [1.82, 2.24) is 0 Å². The van der Waals surface area contributed by atoms with Gasteiger partial charge < -0.3 is 4.74 Å². The maximum absolute atomic E-state index is 6.62. The van der Waals surface area contributed by atoms with Crippen LogP contribution >= 0.6 is 11.6 Å². The van der Waals surface area contributed by atoms with E-state index in [2.05, 4.69) is 39.0 Å². The number of ether oxygens (including phenoxy) is 1. The van der Waals surface area contributed by atoms with E-state index >= 15 is 0 Å². The number of halogens is 1. The molecule has 0 N–H and O–H groups in total. The first kappa shape index (κ1) is 14.2. The lowest BCUT2D eigenvalue weighted by molar-refractivity contribution is 0.373. The van der Waals surface area contributed by atoms with E-state index in [9.17, 15) is 0 Å². The van der Waals surface area contributed by atoms with Crippen molar-refractivity contribution in [3.05, 3.63) is 42.0 Å². The number of hydrogen-bond donors (Lipinski definition) is 0. The monoisotopic (exact) mass is 276 g/mol. The van der Waals surface area contributed by atoms with Crippen molar-refractivity contribution in [3.63, 3.8) is 0 Å². The number of benzene rings is 2. The van der Waals surface area contributed by atoms with E-state index in [1.165, 1.54) is 10.9 Å². The average molecular weight is 277 g/mol. The molecule has 1 unspecified atom stereocenters. The van der Waals surface area contributed by atoms with Gasteiger partial charge in [0, 0.05) is 5.39 Å². The van der Waals surface area contributed by atoms with Crippen LogP contribution in [0.3, 0.4) is 0 Å². The summed E-state index contributed by atoms with van der Waals surface area (Å²) in [6, 6.07) is 12.4. The molecule has 2 aromatic carbocycles. The number of hydrogen-bond acceptors (Lipinski definition) is 1. The van der Waals surface area contributed by atoms with Crippen LogP contribution in [-0.2, 0) is 0 Å². The van der Waals surface area contributed by atoms with Crippen molar-refractivity contribution in [2.45, 2.75) is 32.6 Å². The Hall–Kier alpha value is -1.21. The summed E-state index contributed by atoms with van der Waals surface area (Å²) >= 11 is 6.62. The molecule has 0 aliphatic carbocycles. The molecule has 1 nitrogen and oxygen atoms in total. The van der Waals surface area contributed by atoms with Gasteiger partial charge in [-0.1, -0.05) is 51.1 Å². The molecule has 0 saturated carbocycles. The summed E-state index contributed by atoms with van der Waals surface area (Å²) in [6.45, 7) is 6.65. The Kier molecular flexibility index (Phi) is 4.05. The van der Waals surface area contributed by atoms with Crippen molar-refractivity contribution in [2.24, 2.45) is 5.41 Å². The largest absolute Gasteiger partial charge is 0.496 e. The van der Waals surface area contributed by atoms with Crippen LogP contribution in [-0.4, -0.2) is 7.11 Å². The Morgan fingerprint density at radius 2 is 1.68 bits per heavy atom. The van der Waals surface area contributed by atoms with Crippen LogP contribution in [0.4, 0.5) is 0 Å². The maximum Gasteiger partial charge on any atom is 0.126 e. The van der Waals surface area contributed by atoms with Gasteiger partial charge in [0.05, 0.1) is 12.5 Å². The average Bonchev–Trinajstić information content (AvgIpc) is 2.35. The van der Waals surface area contributed by atoms with Gasteiger partial charge in [-0.2, -0.15) is 0 Å². The van der Waals surface area contributed by atoms with Crippen LogP contribution < -0.4 is 4.74 Å². The number of rotatable bonds is 3. The second kappa shape index (κ2) is 5.42. The fourth-order valence-electron chi connectivity index (χ4n) is 2.39. The van der Waals surface area contributed by atoms with Crippen molar-refractivity contribution < 1.29 is 4.74 Å². The summed E-state index contributed by atoms with van der Waals surface area (Å²) in [7, 11) is 1.70. The lowest BCUT2D eigenvalue weighted by Crippen LogP contribution is -2.09. The first-order valence-corrected chi connectivity index (χ1v) is 7.06. The quantitative estimate of drug-likeness (QED) is 0.667. The smallest absolute Gasteiger partial charge is 0.126 e. The standard InChI is InChI=1S/C17H21ClO/c1-17(2,3)11-15(18)13-9-10-16(19-4)14-8-6-5-7-12(13)14/h5-10,15H,11H2,1-4H3. The Morgan fingerprint density at radius 1 is 1.05 bits per heavy atom. The summed E-state index contributed by atoms with van der Waals surface area (Å²) in [5, 5.41) is 2.34. The fraction of sp³-hybridized carbons (Fsp3) is 0.412. The zero-order valence-corrected chi connectivity index (χ0v) is 12.8. The van der Waals surface area contributed by atoms with Crippen LogP contribution in [0.5, 0.6) is 5.75 Å². The third-order valence-electron chi connectivity index (χ3n) is 3.27. The van der Waals surface area contributed by atoms with Crippen LogP contribution in [0.25, 0.3) is 10.8 Å². The van der Waals surface area contributed by atoms with Gasteiger partial charge in [-0.3, -0.25) is 0 Å². The van der Waals surface area contributed by atoms with E-state index in [1.54, 1.807) is 7.11 Å². The van der Waals surface area contributed by atoms with Crippen LogP contribution in [0.2, 0.25) is 0 Å². The molecule has 0 amide bonds. The minimum atomic E-state index is 0.0239. The summed E-state index contributed by atoms with van der Waals surface area (Å²) in [5.74, 6) is 0.902. The molecule has 2 aromatic rings. The molecule has 0 radical (unpaired) electrons. The number of alkyl halides is 1. The molecule has 0 spiro atoms. The Balaban J connectivity index is 2.50. The minimum Gasteiger partial charge on any atom is -0.496 e.